The van der Waals surface area contributed by atoms with Gasteiger partial charge in [-0.2, -0.15) is 0 Å². The van der Waals surface area contributed by atoms with Crippen molar-refractivity contribution in [2.75, 3.05) is 13.1 Å². The minimum atomic E-state index is -1.11. The molecule has 0 aromatic carbocycles. The van der Waals surface area contributed by atoms with Gasteiger partial charge in [-0.05, 0) is 44.0 Å². The van der Waals surface area contributed by atoms with Gasteiger partial charge in [0.2, 0.25) is 0 Å². The molecule has 0 aliphatic carbocycles. The van der Waals surface area contributed by atoms with E-state index in [9.17, 15) is 15.0 Å². The highest BCUT2D eigenvalue weighted by Crippen LogP contribution is 2.25. The second-order valence-corrected chi connectivity index (χ2v) is 5.21. The first-order valence-electron chi connectivity index (χ1n) is 6.79. The maximum atomic E-state index is 11.3. The number of hydrogen-bond acceptors (Lipinski definition) is 4. The van der Waals surface area contributed by atoms with Crippen molar-refractivity contribution in [1.82, 2.24) is 14.7 Å². The maximum absolute atomic E-state index is 11.3. The molecular weight excluding hydrogens is 258 g/mol. The number of imidazole rings is 1. The molecule has 0 bridgehead atoms. The summed E-state index contributed by atoms with van der Waals surface area (Å²) in [5.41, 5.74) is 0.195. The van der Waals surface area contributed by atoms with E-state index < -0.39 is 5.97 Å². The highest BCUT2D eigenvalue weighted by molar-refractivity contribution is 5.95. The van der Waals surface area contributed by atoms with Gasteiger partial charge in [-0.15, -0.1) is 0 Å². The number of nitrogens with one attached hydrogen (secondary N) is 1. The Balaban J connectivity index is 2.02. The van der Waals surface area contributed by atoms with Crippen LogP contribution < -0.4 is 5.32 Å². The molecular formula is C14H17N3O3. The van der Waals surface area contributed by atoms with E-state index in [1.165, 1.54) is 6.07 Å². The van der Waals surface area contributed by atoms with Gasteiger partial charge in [-0.25, -0.2) is 9.78 Å². The predicted molar refractivity (Wildman–Crippen MR) is 73.1 cm³/mol. The summed E-state index contributed by atoms with van der Waals surface area (Å²) in [6.07, 6.45) is 4.71. The first-order valence-corrected chi connectivity index (χ1v) is 6.79. The number of carboxylic acids is 1. The molecule has 1 aliphatic rings. The number of carbonyl (C=O) groups is 1. The van der Waals surface area contributed by atoms with Crippen molar-refractivity contribution < 1.29 is 15.0 Å². The standard InChI is InChI=1S/C14H17N3O3/c18-10-4-2-6-17-11(7-9-3-1-5-15-8-9)16-12(13(10)17)14(19)20/h2,4,6,9,15,18H,1,3,5,7-8H2,(H,19,20). The van der Waals surface area contributed by atoms with Gasteiger partial charge < -0.3 is 15.5 Å². The molecule has 1 atom stereocenters. The molecule has 1 saturated heterocycles. The lowest BCUT2D eigenvalue weighted by atomic mass is 9.96. The van der Waals surface area contributed by atoms with Crippen LogP contribution in [0.4, 0.5) is 0 Å². The maximum Gasteiger partial charge on any atom is 0.356 e. The zero-order valence-electron chi connectivity index (χ0n) is 11.0. The number of fused-ring (bicyclic) bond motifs is 1. The van der Waals surface area contributed by atoms with Gasteiger partial charge in [-0.1, -0.05) is 0 Å². The van der Waals surface area contributed by atoms with Crippen molar-refractivity contribution in [3.8, 4) is 5.75 Å². The Kier molecular flexibility index (Phi) is 3.31. The Bertz CT molecular complexity index is 644. The van der Waals surface area contributed by atoms with Gasteiger partial charge in [-0.3, -0.25) is 4.40 Å². The molecule has 20 heavy (non-hydrogen) atoms. The monoisotopic (exact) mass is 275 g/mol. The molecule has 1 fully saturated rings. The third kappa shape index (κ3) is 2.22. The number of aromatic hydroxyl groups is 1. The summed E-state index contributed by atoms with van der Waals surface area (Å²) in [6, 6.07) is 3.17. The lowest BCUT2D eigenvalue weighted by molar-refractivity contribution is 0.0692. The molecule has 6 nitrogen and oxygen atoms in total. The average molecular weight is 275 g/mol. The number of carboxylic acid groups (broad SMARTS) is 1. The highest BCUT2D eigenvalue weighted by Gasteiger charge is 2.22. The average Bonchev–Trinajstić information content (AvgIpc) is 2.81. The minimum Gasteiger partial charge on any atom is -0.506 e. The fraction of sp³-hybridized carbons (Fsp3) is 0.429. The van der Waals surface area contributed by atoms with Gasteiger partial charge >= 0.3 is 5.97 Å². The Hall–Kier alpha value is -2.08. The molecule has 1 unspecified atom stereocenters. The van der Waals surface area contributed by atoms with Crippen LogP contribution in [-0.4, -0.2) is 38.7 Å². The van der Waals surface area contributed by atoms with Crippen molar-refractivity contribution >= 4 is 11.5 Å². The number of hydrogen-bond donors (Lipinski definition) is 3. The predicted octanol–water partition coefficient (Wildman–Crippen LogP) is 1.28. The Morgan fingerprint density at radius 3 is 3.10 bits per heavy atom. The molecule has 1 aliphatic heterocycles. The first-order chi connectivity index (χ1) is 9.66. The summed E-state index contributed by atoms with van der Waals surface area (Å²) in [5.74, 6) is -0.0113. The molecule has 3 heterocycles. The van der Waals surface area contributed by atoms with Gasteiger partial charge in [0, 0.05) is 12.6 Å². The number of pyridine rings is 1. The molecule has 3 N–H and O–H groups in total. The third-order valence-corrected chi connectivity index (χ3v) is 3.79. The fourth-order valence-corrected chi connectivity index (χ4v) is 2.83. The Labute approximate surface area is 116 Å². The molecule has 0 radical (unpaired) electrons. The van der Waals surface area contributed by atoms with Crippen LogP contribution in [0, 0.1) is 5.92 Å². The first kappa shape index (κ1) is 12.9. The molecule has 0 saturated carbocycles. The Morgan fingerprint density at radius 1 is 1.55 bits per heavy atom. The van der Waals surface area contributed by atoms with Crippen LogP contribution in [0.5, 0.6) is 5.75 Å². The fourth-order valence-electron chi connectivity index (χ4n) is 2.83. The van der Waals surface area contributed by atoms with Crippen molar-refractivity contribution in [1.29, 1.82) is 0 Å². The van der Waals surface area contributed by atoms with E-state index in [4.69, 9.17) is 0 Å². The zero-order valence-corrected chi connectivity index (χ0v) is 11.0. The van der Waals surface area contributed by atoms with Gasteiger partial charge in [0.25, 0.3) is 0 Å². The largest absolute Gasteiger partial charge is 0.506 e. The van der Waals surface area contributed by atoms with E-state index in [1.54, 1.807) is 16.7 Å². The second kappa shape index (κ2) is 5.13. The van der Waals surface area contributed by atoms with Crippen LogP contribution in [0.1, 0.15) is 29.2 Å². The summed E-state index contributed by atoms with van der Waals surface area (Å²) in [7, 11) is 0. The molecule has 2 aromatic rings. The number of rotatable bonds is 3. The number of piperidine rings is 1. The summed E-state index contributed by atoms with van der Waals surface area (Å²) in [5, 5.41) is 22.5. The lowest BCUT2D eigenvalue weighted by Crippen LogP contribution is -2.31. The van der Waals surface area contributed by atoms with Gasteiger partial charge in [0.15, 0.2) is 5.69 Å². The minimum absolute atomic E-state index is 0.0505. The van der Waals surface area contributed by atoms with E-state index in [-0.39, 0.29) is 17.0 Å². The molecule has 3 rings (SSSR count). The quantitative estimate of drug-likeness (QED) is 0.785. The topological polar surface area (TPSA) is 86.9 Å². The van der Waals surface area contributed by atoms with Crippen molar-refractivity contribution in [3.05, 3.63) is 29.8 Å². The van der Waals surface area contributed by atoms with Crippen LogP contribution in [-0.2, 0) is 6.42 Å². The summed E-state index contributed by atoms with van der Waals surface area (Å²) >= 11 is 0. The number of aromatic carboxylic acids is 1. The smallest absolute Gasteiger partial charge is 0.356 e. The molecule has 2 aromatic heterocycles. The molecule has 0 spiro atoms. The van der Waals surface area contributed by atoms with E-state index in [2.05, 4.69) is 10.3 Å². The van der Waals surface area contributed by atoms with Gasteiger partial charge in [0.05, 0.1) is 0 Å². The van der Waals surface area contributed by atoms with E-state index in [0.29, 0.717) is 18.2 Å². The molecule has 6 heteroatoms. The van der Waals surface area contributed by atoms with Crippen LogP contribution in [0.15, 0.2) is 18.3 Å². The van der Waals surface area contributed by atoms with E-state index in [1.807, 2.05) is 0 Å². The van der Waals surface area contributed by atoms with Crippen LogP contribution in [0.25, 0.3) is 5.52 Å². The third-order valence-electron chi connectivity index (χ3n) is 3.79. The number of aromatic nitrogens is 2. The van der Waals surface area contributed by atoms with Crippen molar-refractivity contribution in [3.63, 3.8) is 0 Å². The molecule has 106 valence electrons. The van der Waals surface area contributed by atoms with Crippen LogP contribution >= 0.6 is 0 Å². The van der Waals surface area contributed by atoms with Gasteiger partial charge in [0.1, 0.15) is 17.1 Å². The summed E-state index contributed by atoms with van der Waals surface area (Å²) < 4.78 is 1.69. The Morgan fingerprint density at radius 2 is 2.40 bits per heavy atom. The normalized spacial score (nSPS) is 19.3. The van der Waals surface area contributed by atoms with E-state index in [0.717, 1.165) is 25.9 Å². The van der Waals surface area contributed by atoms with Crippen molar-refractivity contribution in [2.45, 2.75) is 19.3 Å². The summed E-state index contributed by atoms with van der Waals surface area (Å²) in [6.45, 7) is 1.97. The SMILES string of the molecule is O=C(O)c1nc(CC2CCCNC2)n2cccc(O)c12. The zero-order chi connectivity index (χ0) is 14.1. The van der Waals surface area contributed by atoms with Crippen LogP contribution in [0.2, 0.25) is 0 Å². The number of nitrogens with zero attached hydrogens (tertiary/aromatic N) is 2. The lowest BCUT2D eigenvalue weighted by Gasteiger charge is -2.21. The van der Waals surface area contributed by atoms with Crippen molar-refractivity contribution in [2.24, 2.45) is 5.92 Å². The molecule has 0 amide bonds. The van der Waals surface area contributed by atoms with Crippen LogP contribution in [0.3, 0.4) is 0 Å². The summed E-state index contributed by atoms with van der Waals surface area (Å²) in [4.78, 5) is 15.5. The highest BCUT2D eigenvalue weighted by atomic mass is 16.4. The second-order valence-electron chi connectivity index (χ2n) is 5.21. The van der Waals surface area contributed by atoms with E-state index >= 15 is 0 Å².